The quantitative estimate of drug-likeness (QED) is 0.0816. The van der Waals surface area contributed by atoms with Gasteiger partial charge in [-0.3, -0.25) is 0 Å². The van der Waals surface area contributed by atoms with Crippen molar-refractivity contribution >= 4 is 113 Å². The maximum absolute atomic E-state index is 6.10. The van der Waals surface area contributed by atoms with Gasteiger partial charge in [0.2, 0.25) is 0 Å². The van der Waals surface area contributed by atoms with Crippen LogP contribution >= 0.6 is 66.5 Å². The van der Waals surface area contributed by atoms with Gasteiger partial charge in [-0.2, -0.15) is 0 Å². The zero-order valence-corrected chi connectivity index (χ0v) is 33.5. The summed E-state index contributed by atoms with van der Waals surface area (Å²) in [5.41, 5.74) is 11.4. The van der Waals surface area contributed by atoms with Gasteiger partial charge >= 0.3 is 12.0 Å². The van der Waals surface area contributed by atoms with Gasteiger partial charge in [-0.15, -0.1) is 66.5 Å². The number of anilines is 6. The Morgan fingerprint density at radius 2 is 0.604 bits per heavy atom. The molecule has 0 bridgehead atoms. The number of aryl methyl sites for hydroxylation is 4. The van der Waals surface area contributed by atoms with Gasteiger partial charge in [-0.05, 0) is 136 Å². The minimum absolute atomic E-state index is 0.657. The van der Waals surface area contributed by atoms with Gasteiger partial charge in [0, 0.05) is 34.1 Å². The third-order valence-corrected chi connectivity index (χ3v) is 13.4. The lowest BCUT2D eigenvalue weighted by Crippen LogP contribution is -2.12. The van der Waals surface area contributed by atoms with Gasteiger partial charge in [0.1, 0.15) is 0 Å². The van der Waals surface area contributed by atoms with Crippen LogP contribution in [0.25, 0.3) is 0 Å². The average Bonchev–Trinajstić information content (AvgIpc) is 3.04. The number of benzene rings is 5. The van der Waals surface area contributed by atoms with Crippen LogP contribution < -0.4 is 9.80 Å². The first kappa shape index (κ1) is 37.1. The first-order chi connectivity index (χ1) is 22.8. The standard InChI is InChI=1S/C38H38Cl6N2Si2/c1-29-7-15-33(16-8-29)45(35-19-11-31(12-20-35)5-3-27-47(39,40)41)37-23-25-38(26-24-37)46(34-17-9-30(2)10-18-34)36-21-13-32(14-22-36)6-4-28-48(42,43)44/h7-26H,3-6,27-28H2,1-2H3. The van der Waals surface area contributed by atoms with E-state index in [1.807, 2.05) is 0 Å². The van der Waals surface area contributed by atoms with E-state index < -0.39 is 12.0 Å². The molecule has 0 saturated carbocycles. The first-order valence-corrected chi connectivity index (χ1v) is 26.5. The van der Waals surface area contributed by atoms with Gasteiger partial charge in [0.25, 0.3) is 0 Å². The SMILES string of the molecule is Cc1ccc(N(c2ccc(CCC[Si](Cl)(Cl)Cl)cc2)c2ccc(N(c3ccc(C)cc3)c3ccc(CCC[Si](Cl)(Cl)Cl)cc3)cc2)cc1. The zero-order chi connectivity index (χ0) is 34.3. The van der Waals surface area contributed by atoms with E-state index in [0.29, 0.717) is 12.1 Å². The van der Waals surface area contributed by atoms with E-state index in [2.05, 4.69) is 145 Å². The summed E-state index contributed by atoms with van der Waals surface area (Å²) in [4.78, 5) is 4.57. The average molecular weight is 792 g/mol. The minimum Gasteiger partial charge on any atom is -0.311 e. The Labute approximate surface area is 315 Å². The molecule has 0 N–H and O–H groups in total. The maximum atomic E-state index is 6.10. The number of hydrogen-bond acceptors (Lipinski definition) is 2. The van der Waals surface area contributed by atoms with E-state index in [4.69, 9.17) is 66.5 Å². The van der Waals surface area contributed by atoms with Crippen molar-refractivity contribution in [2.45, 2.75) is 51.6 Å². The lowest BCUT2D eigenvalue weighted by molar-refractivity contribution is 0.914. The van der Waals surface area contributed by atoms with Crippen LogP contribution in [-0.4, -0.2) is 12.0 Å². The molecule has 48 heavy (non-hydrogen) atoms. The van der Waals surface area contributed by atoms with Crippen molar-refractivity contribution in [1.29, 1.82) is 0 Å². The molecule has 0 aromatic heterocycles. The molecule has 0 aliphatic carbocycles. The highest BCUT2D eigenvalue weighted by molar-refractivity contribution is 7.65. The van der Waals surface area contributed by atoms with Crippen molar-refractivity contribution in [3.05, 3.63) is 144 Å². The van der Waals surface area contributed by atoms with E-state index in [1.54, 1.807) is 0 Å². The Balaban J connectivity index is 1.44. The fourth-order valence-electron chi connectivity index (χ4n) is 5.64. The number of hydrogen-bond donors (Lipinski definition) is 0. The molecule has 5 aromatic rings. The predicted octanol–water partition coefficient (Wildman–Crippen LogP) is 14.4. The molecular formula is C38H38Cl6N2Si2. The lowest BCUT2D eigenvalue weighted by atomic mass is 10.1. The second-order valence-corrected chi connectivity index (χ2v) is 30.7. The third-order valence-electron chi connectivity index (χ3n) is 8.19. The van der Waals surface area contributed by atoms with Gasteiger partial charge in [0.15, 0.2) is 0 Å². The van der Waals surface area contributed by atoms with Crippen LogP contribution in [0, 0.1) is 13.8 Å². The predicted molar refractivity (Wildman–Crippen MR) is 218 cm³/mol. The Morgan fingerprint density at radius 3 is 0.854 bits per heavy atom. The van der Waals surface area contributed by atoms with Crippen LogP contribution in [0.2, 0.25) is 12.1 Å². The maximum Gasteiger partial charge on any atom is 0.341 e. The molecule has 5 rings (SSSR count). The Kier molecular flexibility index (Phi) is 12.9. The van der Waals surface area contributed by atoms with Crippen LogP contribution in [0.1, 0.15) is 35.1 Å². The second-order valence-electron chi connectivity index (χ2n) is 12.1. The summed E-state index contributed by atoms with van der Waals surface area (Å²) in [5, 5.41) is 0. The van der Waals surface area contributed by atoms with Gasteiger partial charge < -0.3 is 9.80 Å². The second kappa shape index (κ2) is 16.7. The Morgan fingerprint density at radius 1 is 0.375 bits per heavy atom. The van der Waals surface area contributed by atoms with E-state index in [9.17, 15) is 0 Å². The molecular weight excluding hydrogens is 753 g/mol. The largest absolute Gasteiger partial charge is 0.341 e. The summed E-state index contributed by atoms with van der Waals surface area (Å²) in [6.07, 6.45) is 3.49. The lowest BCUT2D eigenvalue weighted by Gasteiger charge is -2.28. The number of nitrogens with zero attached hydrogens (tertiary/aromatic N) is 2. The van der Waals surface area contributed by atoms with Crippen molar-refractivity contribution < 1.29 is 0 Å². The van der Waals surface area contributed by atoms with Crippen LogP contribution in [0.5, 0.6) is 0 Å². The molecule has 5 aromatic carbocycles. The van der Waals surface area contributed by atoms with E-state index in [0.717, 1.165) is 59.8 Å². The molecule has 0 fully saturated rings. The Hall–Kier alpha value is -2.13. The molecule has 10 heteroatoms. The molecule has 0 aliphatic heterocycles. The van der Waals surface area contributed by atoms with Gasteiger partial charge in [0.05, 0.1) is 0 Å². The monoisotopic (exact) mass is 788 g/mol. The summed E-state index contributed by atoms with van der Waals surface area (Å²) in [6.45, 7) is 4.21. The number of halogens is 6. The highest BCUT2D eigenvalue weighted by Crippen LogP contribution is 2.39. The number of rotatable bonds is 14. The van der Waals surface area contributed by atoms with Crippen LogP contribution in [0.4, 0.5) is 34.1 Å². The smallest absolute Gasteiger partial charge is 0.311 e. The first-order valence-electron chi connectivity index (χ1n) is 16.0. The minimum atomic E-state index is -2.61. The van der Waals surface area contributed by atoms with Crippen LogP contribution in [0.15, 0.2) is 121 Å². The van der Waals surface area contributed by atoms with Crippen molar-refractivity contribution in [1.82, 2.24) is 0 Å². The van der Waals surface area contributed by atoms with E-state index >= 15 is 0 Å². The summed E-state index contributed by atoms with van der Waals surface area (Å²) < 4.78 is 0. The molecule has 0 radical (unpaired) electrons. The van der Waals surface area contributed by atoms with Crippen molar-refractivity contribution in [3.63, 3.8) is 0 Å². The van der Waals surface area contributed by atoms with Gasteiger partial charge in [-0.1, -0.05) is 59.7 Å². The molecule has 0 unspecified atom stereocenters. The molecule has 250 valence electrons. The van der Waals surface area contributed by atoms with Crippen molar-refractivity contribution in [2.24, 2.45) is 0 Å². The highest BCUT2D eigenvalue weighted by Gasteiger charge is 2.24. The molecule has 0 aliphatic rings. The third kappa shape index (κ3) is 10.9. The summed E-state index contributed by atoms with van der Waals surface area (Å²) >= 11 is 36.6. The summed E-state index contributed by atoms with van der Waals surface area (Å²) in [6, 6.07) is 39.5. The topological polar surface area (TPSA) is 6.48 Å². The molecule has 0 spiro atoms. The van der Waals surface area contributed by atoms with E-state index in [-0.39, 0.29) is 0 Å². The van der Waals surface area contributed by atoms with Crippen LogP contribution in [0.3, 0.4) is 0 Å². The Bertz CT molecular complexity index is 1600. The van der Waals surface area contributed by atoms with Crippen molar-refractivity contribution in [2.75, 3.05) is 9.80 Å². The molecule has 0 amide bonds. The molecule has 0 saturated heterocycles. The van der Waals surface area contributed by atoms with Crippen molar-refractivity contribution in [3.8, 4) is 0 Å². The highest BCUT2D eigenvalue weighted by atomic mass is 35.8. The fourth-order valence-corrected chi connectivity index (χ4v) is 9.20. The summed E-state index contributed by atoms with van der Waals surface area (Å²) in [7, 11) is 0. The molecule has 0 atom stereocenters. The summed E-state index contributed by atoms with van der Waals surface area (Å²) in [5.74, 6) is 0. The normalized spacial score (nSPS) is 11.8. The van der Waals surface area contributed by atoms with Crippen LogP contribution in [-0.2, 0) is 12.8 Å². The molecule has 0 heterocycles. The zero-order valence-electron chi connectivity index (χ0n) is 27.0. The van der Waals surface area contributed by atoms with Gasteiger partial charge in [-0.25, -0.2) is 0 Å². The molecule has 2 nitrogen and oxygen atoms in total. The van der Waals surface area contributed by atoms with E-state index in [1.165, 1.54) is 22.3 Å². The fraction of sp³-hybridized carbons (Fsp3) is 0.211.